The molecule has 82 valence electrons. The van der Waals surface area contributed by atoms with Gasteiger partial charge in [0.2, 0.25) is 5.91 Å². The van der Waals surface area contributed by atoms with Crippen LogP contribution in [0.4, 0.5) is 0 Å². The van der Waals surface area contributed by atoms with Crippen LogP contribution in [-0.4, -0.2) is 25.0 Å². The first-order chi connectivity index (χ1) is 6.63. The topological polar surface area (TPSA) is 41.1 Å². The van der Waals surface area contributed by atoms with Crippen molar-refractivity contribution in [2.24, 2.45) is 11.8 Å². The maximum absolute atomic E-state index is 11.3. The molecule has 0 saturated heterocycles. The largest absolute Gasteiger partial charge is 0.353 e. The lowest BCUT2D eigenvalue weighted by atomic mass is 10.2. The van der Waals surface area contributed by atoms with Crippen LogP contribution < -0.4 is 10.6 Å². The monoisotopic (exact) mass is 198 g/mol. The third-order valence-corrected chi connectivity index (χ3v) is 2.99. The van der Waals surface area contributed by atoms with Gasteiger partial charge in [0.25, 0.3) is 0 Å². The van der Waals surface area contributed by atoms with E-state index >= 15 is 0 Å². The van der Waals surface area contributed by atoms with Crippen LogP contribution in [0.5, 0.6) is 0 Å². The highest BCUT2D eigenvalue weighted by Crippen LogP contribution is 2.36. The summed E-state index contributed by atoms with van der Waals surface area (Å²) in [6, 6.07) is 0.296. The molecule has 0 heterocycles. The number of rotatable bonds is 6. The van der Waals surface area contributed by atoms with Crippen molar-refractivity contribution in [2.45, 2.75) is 39.7 Å². The van der Waals surface area contributed by atoms with E-state index in [4.69, 9.17) is 0 Å². The minimum atomic E-state index is 0.118. The molecule has 0 bridgehead atoms. The van der Waals surface area contributed by atoms with Crippen LogP contribution >= 0.6 is 0 Å². The summed E-state index contributed by atoms with van der Waals surface area (Å²) < 4.78 is 0. The van der Waals surface area contributed by atoms with Crippen molar-refractivity contribution in [1.29, 1.82) is 0 Å². The summed E-state index contributed by atoms with van der Waals surface area (Å²) in [5, 5.41) is 6.13. The Labute approximate surface area is 86.6 Å². The molecule has 0 spiro atoms. The van der Waals surface area contributed by atoms with Crippen LogP contribution in [0.3, 0.4) is 0 Å². The number of hydrogen-bond donors (Lipinski definition) is 2. The molecule has 14 heavy (non-hydrogen) atoms. The Bertz CT molecular complexity index is 194. The number of hydrogen-bond acceptors (Lipinski definition) is 2. The quantitative estimate of drug-likeness (QED) is 0.672. The lowest BCUT2D eigenvalue weighted by Gasteiger charge is -2.11. The predicted octanol–water partition coefficient (Wildman–Crippen LogP) is 1.15. The molecule has 3 nitrogen and oxygen atoms in total. The maximum Gasteiger partial charge on any atom is 0.234 e. The fourth-order valence-corrected chi connectivity index (χ4v) is 1.48. The van der Waals surface area contributed by atoms with Gasteiger partial charge in [0.15, 0.2) is 0 Å². The second kappa shape index (κ2) is 5.35. The van der Waals surface area contributed by atoms with Gasteiger partial charge in [0, 0.05) is 6.04 Å². The first kappa shape index (κ1) is 11.5. The summed E-state index contributed by atoms with van der Waals surface area (Å²) in [7, 11) is 0. The second-order valence-electron chi connectivity index (χ2n) is 4.48. The maximum atomic E-state index is 11.3. The number of amides is 1. The van der Waals surface area contributed by atoms with Crippen LogP contribution in [0.2, 0.25) is 0 Å². The van der Waals surface area contributed by atoms with Crippen molar-refractivity contribution in [3.8, 4) is 0 Å². The van der Waals surface area contributed by atoms with Crippen molar-refractivity contribution < 1.29 is 4.79 Å². The van der Waals surface area contributed by atoms with Crippen molar-refractivity contribution in [3.05, 3.63) is 0 Å². The van der Waals surface area contributed by atoms with Crippen LogP contribution in [0.25, 0.3) is 0 Å². The van der Waals surface area contributed by atoms with Gasteiger partial charge in [0.05, 0.1) is 6.54 Å². The molecule has 3 unspecified atom stereocenters. The summed E-state index contributed by atoms with van der Waals surface area (Å²) in [6.45, 7) is 7.82. The molecule has 1 aliphatic carbocycles. The van der Waals surface area contributed by atoms with E-state index in [1.54, 1.807) is 0 Å². The lowest BCUT2D eigenvalue weighted by Crippen LogP contribution is -2.39. The molecule has 0 aromatic rings. The lowest BCUT2D eigenvalue weighted by molar-refractivity contribution is -0.120. The fourth-order valence-electron chi connectivity index (χ4n) is 1.48. The van der Waals surface area contributed by atoms with Crippen molar-refractivity contribution in [2.75, 3.05) is 13.1 Å². The molecule has 1 saturated carbocycles. The van der Waals surface area contributed by atoms with Crippen LogP contribution in [0, 0.1) is 11.8 Å². The highest BCUT2D eigenvalue weighted by molar-refractivity contribution is 5.78. The number of nitrogens with one attached hydrogen (secondary N) is 2. The van der Waals surface area contributed by atoms with Gasteiger partial charge in [-0.3, -0.25) is 4.79 Å². The standard InChI is InChI=1S/C11H22N2O/c1-4-9(3)13-11(14)7-12-6-10-5-8(10)2/h8-10,12H,4-7H2,1-3H3,(H,13,14). The smallest absolute Gasteiger partial charge is 0.234 e. The molecular weight excluding hydrogens is 176 g/mol. The Balaban J connectivity index is 1.97. The van der Waals surface area contributed by atoms with E-state index in [9.17, 15) is 4.79 Å². The van der Waals surface area contributed by atoms with Crippen molar-refractivity contribution in [3.63, 3.8) is 0 Å². The Morgan fingerprint density at radius 2 is 2.21 bits per heavy atom. The Morgan fingerprint density at radius 3 is 2.71 bits per heavy atom. The zero-order chi connectivity index (χ0) is 10.6. The summed E-state index contributed by atoms with van der Waals surface area (Å²) in [4.78, 5) is 11.3. The molecule has 1 amide bonds. The minimum absolute atomic E-state index is 0.118. The fraction of sp³-hybridized carbons (Fsp3) is 0.909. The number of carbonyl (C=O) groups is 1. The van der Waals surface area contributed by atoms with Crippen LogP contribution in [0.15, 0.2) is 0 Å². The van der Waals surface area contributed by atoms with E-state index in [1.165, 1.54) is 6.42 Å². The highest BCUT2D eigenvalue weighted by atomic mass is 16.1. The highest BCUT2D eigenvalue weighted by Gasteiger charge is 2.31. The summed E-state index contributed by atoms with van der Waals surface area (Å²) in [5.41, 5.74) is 0. The van der Waals surface area contributed by atoms with Gasteiger partial charge in [-0.2, -0.15) is 0 Å². The third kappa shape index (κ3) is 4.09. The molecule has 0 aliphatic heterocycles. The predicted molar refractivity (Wildman–Crippen MR) is 58.0 cm³/mol. The van der Waals surface area contributed by atoms with Crippen LogP contribution in [-0.2, 0) is 4.79 Å². The number of carbonyl (C=O) groups excluding carboxylic acids is 1. The van der Waals surface area contributed by atoms with E-state index in [2.05, 4.69) is 24.5 Å². The Hall–Kier alpha value is -0.570. The van der Waals surface area contributed by atoms with E-state index in [-0.39, 0.29) is 5.91 Å². The molecule has 1 rings (SSSR count). The van der Waals surface area contributed by atoms with Gasteiger partial charge in [-0.15, -0.1) is 0 Å². The van der Waals surface area contributed by atoms with Gasteiger partial charge in [-0.1, -0.05) is 13.8 Å². The molecule has 1 fully saturated rings. The zero-order valence-corrected chi connectivity index (χ0v) is 9.47. The molecule has 0 aromatic heterocycles. The molecule has 2 N–H and O–H groups in total. The van der Waals surface area contributed by atoms with Gasteiger partial charge >= 0.3 is 0 Å². The molecule has 1 aliphatic rings. The minimum Gasteiger partial charge on any atom is -0.353 e. The van der Waals surface area contributed by atoms with Crippen molar-refractivity contribution >= 4 is 5.91 Å². The average molecular weight is 198 g/mol. The molecule has 3 atom stereocenters. The Morgan fingerprint density at radius 1 is 1.57 bits per heavy atom. The van der Waals surface area contributed by atoms with Gasteiger partial charge < -0.3 is 10.6 Å². The summed E-state index contributed by atoms with van der Waals surface area (Å²) in [6.07, 6.45) is 2.31. The normalized spacial score (nSPS) is 27.1. The molecule has 3 heteroatoms. The van der Waals surface area contributed by atoms with E-state index in [1.807, 2.05) is 6.92 Å². The Kier molecular flexibility index (Phi) is 4.39. The molecule has 0 radical (unpaired) electrons. The first-order valence-electron chi connectivity index (χ1n) is 5.63. The second-order valence-corrected chi connectivity index (χ2v) is 4.48. The van der Waals surface area contributed by atoms with Crippen LogP contribution in [0.1, 0.15) is 33.6 Å². The molecule has 0 aromatic carbocycles. The first-order valence-corrected chi connectivity index (χ1v) is 5.63. The average Bonchev–Trinajstić information content (AvgIpc) is 2.82. The molecular formula is C11H22N2O. The van der Waals surface area contributed by atoms with Crippen molar-refractivity contribution in [1.82, 2.24) is 10.6 Å². The van der Waals surface area contributed by atoms with E-state index in [0.29, 0.717) is 12.6 Å². The van der Waals surface area contributed by atoms with Gasteiger partial charge in [0.1, 0.15) is 0 Å². The van der Waals surface area contributed by atoms with E-state index < -0.39 is 0 Å². The van der Waals surface area contributed by atoms with Gasteiger partial charge in [-0.05, 0) is 38.1 Å². The summed E-state index contributed by atoms with van der Waals surface area (Å²) >= 11 is 0. The van der Waals surface area contributed by atoms with Gasteiger partial charge in [-0.25, -0.2) is 0 Å². The third-order valence-electron chi connectivity index (χ3n) is 2.99. The zero-order valence-electron chi connectivity index (χ0n) is 9.47. The SMILES string of the molecule is CCC(C)NC(=O)CNCC1CC1C. The van der Waals surface area contributed by atoms with E-state index in [0.717, 1.165) is 24.8 Å². The summed E-state index contributed by atoms with van der Waals surface area (Å²) in [5.74, 6) is 1.79.